The van der Waals surface area contributed by atoms with Crippen molar-refractivity contribution in [3.8, 4) is 22.6 Å². The predicted octanol–water partition coefficient (Wildman–Crippen LogP) is 9.91. The van der Waals surface area contributed by atoms with Gasteiger partial charge in [-0.05, 0) is 35.2 Å². The molecule has 0 unspecified atom stereocenters. The third-order valence-corrected chi connectivity index (χ3v) is 8.03. The third kappa shape index (κ3) is 4.68. The molecule has 252 valence electrons. The van der Waals surface area contributed by atoms with Crippen LogP contribution in [0.25, 0.3) is 43.4 Å². The summed E-state index contributed by atoms with van der Waals surface area (Å²) in [6, 6.07) is 9.39. The smallest absolute Gasteiger partial charge is 0.519 e. The van der Waals surface area contributed by atoms with Gasteiger partial charge in [-0.15, -0.1) is 0 Å². The predicted molar refractivity (Wildman–Crippen MR) is 155 cm³/mol. The van der Waals surface area contributed by atoms with Crippen molar-refractivity contribution in [3.05, 3.63) is 136 Å². The Hall–Kier alpha value is -5.67. The summed E-state index contributed by atoms with van der Waals surface area (Å²) in [7, 11) is -2.67. The first kappa shape index (κ1) is 32.9. The Balaban J connectivity index is 1.53. The van der Waals surface area contributed by atoms with Gasteiger partial charge in [0.2, 0.25) is 29.1 Å². The molecule has 0 aliphatic heterocycles. The van der Waals surface area contributed by atoms with Crippen molar-refractivity contribution < 1.29 is 66.4 Å². The first-order valence-electron chi connectivity index (χ1n) is 13.9. The average molecular weight is 708 g/mol. The summed E-state index contributed by atoms with van der Waals surface area (Å²) in [6.07, 6.45) is 0. The molecule has 0 aliphatic rings. The topological polar surface area (TPSA) is 18.5 Å². The number of hydrogen-bond acceptors (Lipinski definition) is 2. The highest BCUT2D eigenvalue weighted by Crippen LogP contribution is 2.45. The lowest BCUT2D eigenvalue weighted by molar-refractivity contribution is 0.332. The monoisotopic (exact) mass is 708 g/mol. The van der Waals surface area contributed by atoms with Gasteiger partial charge < -0.3 is 9.31 Å². The molecular weight excluding hydrogens is 698 g/mol. The van der Waals surface area contributed by atoms with Gasteiger partial charge in [-0.2, -0.15) is 13.2 Å². The molecule has 50 heavy (non-hydrogen) atoms. The Morgan fingerprint density at radius 1 is 0.360 bits per heavy atom. The lowest BCUT2D eigenvalue weighted by atomic mass is 9.73. The zero-order valence-electron chi connectivity index (χ0n) is 24.1. The third-order valence-electron chi connectivity index (χ3n) is 8.03. The highest BCUT2D eigenvalue weighted by Gasteiger charge is 2.38. The van der Waals surface area contributed by atoms with E-state index in [4.69, 9.17) is 9.31 Å². The summed E-state index contributed by atoms with van der Waals surface area (Å²) in [6.45, 7) is 0. The second kappa shape index (κ2) is 11.7. The van der Waals surface area contributed by atoms with Crippen LogP contribution in [0.2, 0.25) is 0 Å². The molecule has 7 aromatic rings. The Labute approximate surface area is 270 Å². The fourth-order valence-electron chi connectivity index (χ4n) is 5.77. The van der Waals surface area contributed by atoms with Gasteiger partial charge in [0.1, 0.15) is 11.6 Å². The molecule has 0 spiro atoms. The number of hydrogen-bond donors (Lipinski definition) is 0. The minimum atomic E-state index is -2.67. The molecule has 0 aliphatic carbocycles. The quantitative estimate of drug-likeness (QED) is 0.0563. The molecule has 0 saturated heterocycles. The van der Waals surface area contributed by atoms with E-state index >= 15 is 22.0 Å². The Morgan fingerprint density at radius 3 is 1.60 bits per heavy atom. The van der Waals surface area contributed by atoms with Crippen LogP contribution in [0.1, 0.15) is 0 Å². The largest absolute Gasteiger partial charge is 0.633 e. The highest BCUT2D eigenvalue weighted by atomic mass is 19.2. The van der Waals surface area contributed by atoms with Crippen LogP contribution >= 0.6 is 0 Å². The first-order chi connectivity index (χ1) is 23.7. The van der Waals surface area contributed by atoms with Crippen LogP contribution < -0.4 is 14.8 Å². The van der Waals surface area contributed by atoms with Crippen molar-refractivity contribution in [3.63, 3.8) is 0 Å². The minimum Gasteiger partial charge on any atom is -0.519 e. The molecule has 0 N–H and O–H groups in total. The molecular formula is C34H10BF13O2. The van der Waals surface area contributed by atoms with Gasteiger partial charge in [-0.25, -0.2) is 43.9 Å². The molecule has 0 aromatic heterocycles. The van der Waals surface area contributed by atoms with Gasteiger partial charge in [0.15, 0.2) is 46.5 Å². The maximum absolute atomic E-state index is 15.9. The Kier molecular flexibility index (Phi) is 7.72. The van der Waals surface area contributed by atoms with Crippen molar-refractivity contribution in [1.29, 1.82) is 0 Å². The van der Waals surface area contributed by atoms with Crippen LogP contribution in [0.15, 0.2) is 60.7 Å². The minimum absolute atomic E-state index is 0.00289. The van der Waals surface area contributed by atoms with Crippen molar-refractivity contribution in [1.82, 2.24) is 0 Å². The molecule has 0 fully saturated rings. The first-order valence-corrected chi connectivity index (χ1v) is 13.9. The number of benzene rings is 7. The fraction of sp³-hybridized carbons (Fsp3) is 0. The van der Waals surface area contributed by atoms with E-state index < -0.39 is 138 Å². The van der Waals surface area contributed by atoms with E-state index in [-0.39, 0.29) is 5.39 Å². The molecule has 7 rings (SSSR count). The van der Waals surface area contributed by atoms with Crippen LogP contribution in [-0.2, 0) is 0 Å². The van der Waals surface area contributed by atoms with E-state index in [1.807, 2.05) is 0 Å². The van der Waals surface area contributed by atoms with E-state index in [0.717, 1.165) is 42.5 Å². The molecule has 2 nitrogen and oxygen atoms in total. The molecule has 0 atom stereocenters. The maximum atomic E-state index is 15.9. The van der Waals surface area contributed by atoms with Gasteiger partial charge in [0.25, 0.3) is 0 Å². The maximum Gasteiger partial charge on any atom is 0.633 e. The summed E-state index contributed by atoms with van der Waals surface area (Å²) in [5.74, 6) is -30.9. The molecule has 0 bridgehead atoms. The molecule has 0 heterocycles. The Morgan fingerprint density at radius 2 is 0.900 bits per heavy atom. The molecule has 16 heteroatoms. The van der Waals surface area contributed by atoms with Gasteiger partial charge in [0.05, 0.1) is 10.8 Å². The van der Waals surface area contributed by atoms with Gasteiger partial charge in [-0.1, -0.05) is 36.4 Å². The van der Waals surface area contributed by atoms with Gasteiger partial charge >= 0.3 is 7.12 Å². The summed E-state index contributed by atoms with van der Waals surface area (Å²) >= 11 is 0. The zero-order chi connectivity index (χ0) is 35.9. The molecule has 0 saturated carbocycles. The van der Waals surface area contributed by atoms with Gasteiger partial charge in [0, 0.05) is 27.2 Å². The zero-order valence-corrected chi connectivity index (χ0v) is 24.1. The van der Waals surface area contributed by atoms with E-state index in [9.17, 15) is 35.1 Å². The van der Waals surface area contributed by atoms with Crippen LogP contribution in [0, 0.1) is 75.6 Å². The van der Waals surface area contributed by atoms with Crippen molar-refractivity contribution in [2.45, 2.75) is 0 Å². The van der Waals surface area contributed by atoms with Crippen molar-refractivity contribution in [2.75, 3.05) is 0 Å². The average Bonchev–Trinajstić information content (AvgIpc) is 3.11. The second-order valence-electron chi connectivity index (χ2n) is 10.7. The van der Waals surface area contributed by atoms with Gasteiger partial charge in [-0.3, -0.25) is 0 Å². The van der Waals surface area contributed by atoms with E-state index in [2.05, 4.69) is 0 Å². The SMILES string of the molecule is Fc1ccc(-c2ccccc2B(Oc2c(F)c(F)c(F)c(F)c2F)Oc2c(F)c(F)c3c(F)c(F)c4c(F)ccc5ccc2c3c54)c(F)c1F. The molecule has 0 amide bonds. The number of rotatable bonds is 6. The van der Waals surface area contributed by atoms with Crippen molar-refractivity contribution >= 4 is 44.9 Å². The van der Waals surface area contributed by atoms with Crippen LogP contribution in [0.4, 0.5) is 57.1 Å². The summed E-state index contributed by atoms with van der Waals surface area (Å²) in [4.78, 5) is 0. The van der Waals surface area contributed by atoms with Crippen LogP contribution in [0.5, 0.6) is 11.5 Å². The van der Waals surface area contributed by atoms with Crippen molar-refractivity contribution in [2.24, 2.45) is 0 Å². The highest BCUT2D eigenvalue weighted by molar-refractivity contribution is 6.64. The van der Waals surface area contributed by atoms with E-state index in [1.54, 1.807) is 0 Å². The standard InChI is InChI=1S/C34H10BF13O2/c36-16-9-6-11-5-7-14-19-18(11)20(16)24(40)25(41)21(19)26(42)30(46)33(14)49-35(50-34-31(47)28(44)27(43)29(45)32(34)48)15-4-2-1-3-12(15)13-8-10-17(37)23(39)22(13)38/h1-10H. The Bertz CT molecular complexity index is 2530. The second-order valence-corrected chi connectivity index (χ2v) is 10.7. The van der Waals surface area contributed by atoms with E-state index in [0.29, 0.717) is 12.1 Å². The lowest BCUT2D eigenvalue weighted by Crippen LogP contribution is -2.44. The fourth-order valence-corrected chi connectivity index (χ4v) is 5.77. The lowest BCUT2D eigenvalue weighted by Gasteiger charge is -2.23. The normalized spacial score (nSPS) is 11.7. The van der Waals surface area contributed by atoms with Crippen LogP contribution in [-0.4, -0.2) is 7.12 Å². The molecule has 0 radical (unpaired) electrons. The van der Waals surface area contributed by atoms with Crippen LogP contribution in [0.3, 0.4) is 0 Å². The molecule has 7 aromatic carbocycles. The van der Waals surface area contributed by atoms with E-state index in [1.165, 1.54) is 6.07 Å². The summed E-state index contributed by atoms with van der Waals surface area (Å²) in [5, 5.41) is -4.01. The summed E-state index contributed by atoms with van der Waals surface area (Å²) < 4.78 is 203. The summed E-state index contributed by atoms with van der Waals surface area (Å²) in [5.41, 5.74) is -1.98. The number of halogens is 13.